The number of aryl methyl sites for hydroxylation is 2. The minimum atomic E-state index is 0.484. The van der Waals surface area contributed by atoms with Crippen molar-refractivity contribution in [2.75, 3.05) is 12.0 Å². The molecular weight excluding hydrogens is 236 g/mol. The van der Waals surface area contributed by atoms with Crippen LogP contribution in [0.5, 0.6) is 0 Å². The van der Waals surface area contributed by atoms with Crippen molar-refractivity contribution in [2.45, 2.75) is 46.1 Å². The SMILES string of the molecule is Cc1cccc(C)c1N/N=C(\N)N1CCCCC1C. The van der Waals surface area contributed by atoms with Gasteiger partial charge in [-0.2, -0.15) is 0 Å². The molecule has 1 atom stereocenters. The number of anilines is 1. The van der Waals surface area contributed by atoms with Crippen molar-refractivity contribution in [3.05, 3.63) is 29.3 Å². The number of hydrogen-bond donors (Lipinski definition) is 2. The van der Waals surface area contributed by atoms with Gasteiger partial charge in [0, 0.05) is 12.6 Å². The Morgan fingerprint density at radius 2 is 2.00 bits per heavy atom. The van der Waals surface area contributed by atoms with Crippen molar-refractivity contribution in [1.29, 1.82) is 0 Å². The van der Waals surface area contributed by atoms with Crippen LogP contribution in [0, 0.1) is 13.8 Å². The van der Waals surface area contributed by atoms with Gasteiger partial charge < -0.3 is 10.6 Å². The fraction of sp³-hybridized carbons (Fsp3) is 0.533. The lowest BCUT2D eigenvalue weighted by Gasteiger charge is -2.34. The molecule has 2 rings (SSSR count). The molecule has 0 saturated carbocycles. The Kier molecular flexibility index (Phi) is 4.30. The van der Waals surface area contributed by atoms with Gasteiger partial charge in [0.2, 0.25) is 5.96 Å². The number of para-hydroxylation sites is 1. The third-order valence-corrected chi connectivity index (χ3v) is 3.86. The second-order valence-corrected chi connectivity index (χ2v) is 5.39. The maximum absolute atomic E-state index is 6.10. The summed E-state index contributed by atoms with van der Waals surface area (Å²) in [6.45, 7) is 7.36. The zero-order valence-corrected chi connectivity index (χ0v) is 12.1. The van der Waals surface area contributed by atoms with Gasteiger partial charge in [-0.1, -0.05) is 18.2 Å². The molecule has 4 heteroatoms. The van der Waals surface area contributed by atoms with Crippen molar-refractivity contribution in [1.82, 2.24) is 4.90 Å². The average Bonchev–Trinajstić information content (AvgIpc) is 2.38. The largest absolute Gasteiger partial charge is 0.368 e. The summed E-state index contributed by atoms with van der Waals surface area (Å²) in [5, 5.41) is 4.36. The minimum Gasteiger partial charge on any atom is -0.368 e. The number of likely N-dealkylation sites (tertiary alicyclic amines) is 1. The monoisotopic (exact) mass is 260 g/mol. The van der Waals surface area contributed by atoms with Crippen LogP contribution in [-0.2, 0) is 0 Å². The third-order valence-electron chi connectivity index (χ3n) is 3.86. The lowest BCUT2D eigenvalue weighted by molar-refractivity contribution is 0.255. The molecule has 0 amide bonds. The van der Waals surface area contributed by atoms with Gasteiger partial charge >= 0.3 is 0 Å². The molecule has 104 valence electrons. The number of piperidine rings is 1. The van der Waals surface area contributed by atoms with Crippen molar-refractivity contribution >= 4 is 11.6 Å². The molecule has 0 aliphatic carbocycles. The van der Waals surface area contributed by atoms with E-state index in [0.717, 1.165) is 12.2 Å². The van der Waals surface area contributed by atoms with Gasteiger partial charge in [0.05, 0.1) is 5.69 Å². The fourth-order valence-corrected chi connectivity index (χ4v) is 2.61. The van der Waals surface area contributed by atoms with Gasteiger partial charge in [-0.05, 0) is 51.2 Å². The zero-order valence-electron chi connectivity index (χ0n) is 12.1. The summed E-state index contributed by atoms with van der Waals surface area (Å²) in [6.07, 6.45) is 3.68. The van der Waals surface area contributed by atoms with E-state index in [2.05, 4.69) is 54.4 Å². The Labute approximate surface area is 115 Å². The van der Waals surface area contributed by atoms with Crippen molar-refractivity contribution in [3.63, 3.8) is 0 Å². The van der Waals surface area contributed by atoms with Gasteiger partial charge in [-0.15, -0.1) is 5.10 Å². The molecule has 0 radical (unpaired) electrons. The van der Waals surface area contributed by atoms with Crippen LogP contribution in [0.2, 0.25) is 0 Å². The topological polar surface area (TPSA) is 53.6 Å². The standard InChI is InChI=1S/C15H24N4/c1-11-7-6-8-12(2)14(11)17-18-15(16)19-10-5-4-9-13(19)3/h6-8,13,17H,4-5,9-10H2,1-3H3,(H2,16,18). The second kappa shape index (κ2) is 5.95. The number of nitrogens with zero attached hydrogens (tertiary/aromatic N) is 2. The Morgan fingerprint density at radius 3 is 2.63 bits per heavy atom. The molecule has 1 fully saturated rings. The predicted octanol–water partition coefficient (Wildman–Crippen LogP) is 2.82. The third kappa shape index (κ3) is 3.19. The summed E-state index contributed by atoms with van der Waals surface area (Å²) >= 11 is 0. The fourth-order valence-electron chi connectivity index (χ4n) is 2.61. The summed E-state index contributed by atoms with van der Waals surface area (Å²) in [5.41, 5.74) is 12.6. The highest BCUT2D eigenvalue weighted by atomic mass is 15.4. The van der Waals surface area contributed by atoms with Crippen LogP contribution >= 0.6 is 0 Å². The molecule has 1 aromatic rings. The first-order chi connectivity index (χ1) is 9.09. The van der Waals surface area contributed by atoms with Gasteiger partial charge in [0.1, 0.15) is 0 Å². The molecule has 0 aromatic heterocycles. The van der Waals surface area contributed by atoms with E-state index in [0.29, 0.717) is 12.0 Å². The molecule has 0 spiro atoms. The van der Waals surface area contributed by atoms with Crippen molar-refractivity contribution < 1.29 is 0 Å². The Hall–Kier alpha value is -1.71. The van der Waals surface area contributed by atoms with Crippen molar-refractivity contribution in [3.8, 4) is 0 Å². The van der Waals surface area contributed by atoms with Crippen LogP contribution < -0.4 is 11.2 Å². The van der Waals surface area contributed by atoms with Crippen LogP contribution in [0.1, 0.15) is 37.3 Å². The maximum atomic E-state index is 6.10. The lowest BCUT2D eigenvalue weighted by Crippen LogP contribution is -2.46. The first-order valence-corrected chi connectivity index (χ1v) is 7.01. The normalized spacial score (nSPS) is 20.5. The smallest absolute Gasteiger partial charge is 0.214 e. The highest BCUT2D eigenvalue weighted by Crippen LogP contribution is 2.20. The summed E-state index contributed by atoms with van der Waals surface area (Å²) in [4.78, 5) is 2.18. The highest BCUT2D eigenvalue weighted by Gasteiger charge is 2.19. The van der Waals surface area contributed by atoms with E-state index in [1.807, 2.05) is 0 Å². The molecule has 19 heavy (non-hydrogen) atoms. The Morgan fingerprint density at radius 1 is 1.32 bits per heavy atom. The molecule has 0 bridgehead atoms. The summed E-state index contributed by atoms with van der Waals surface area (Å²) < 4.78 is 0. The molecule has 1 aliphatic heterocycles. The molecule has 1 unspecified atom stereocenters. The number of hydrazone groups is 1. The molecule has 1 heterocycles. The lowest BCUT2D eigenvalue weighted by atomic mass is 10.0. The van der Waals surface area contributed by atoms with E-state index in [4.69, 9.17) is 5.73 Å². The van der Waals surface area contributed by atoms with E-state index in [-0.39, 0.29) is 0 Å². The van der Waals surface area contributed by atoms with Crippen molar-refractivity contribution in [2.24, 2.45) is 10.8 Å². The molecule has 4 nitrogen and oxygen atoms in total. The molecule has 1 aliphatic rings. The van der Waals surface area contributed by atoms with Gasteiger partial charge in [0.25, 0.3) is 0 Å². The van der Waals surface area contributed by atoms with Crippen LogP contribution in [0.4, 0.5) is 5.69 Å². The molecular formula is C15H24N4. The zero-order chi connectivity index (χ0) is 13.8. The molecule has 1 saturated heterocycles. The number of hydrogen-bond acceptors (Lipinski definition) is 2. The average molecular weight is 260 g/mol. The number of rotatable bonds is 2. The van der Waals surface area contributed by atoms with Gasteiger partial charge in [0.15, 0.2) is 0 Å². The minimum absolute atomic E-state index is 0.484. The van der Waals surface area contributed by atoms with Gasteiger partial charge in [-0.3, -0.25) is 5.43 Å². The highest BCUT2D eigenvalue weighted by molar-refractivity contribution is 5.79. The number of benzene rings is 1. The Bertz CT molecular complexity index is 447. The number of guanidine groups is 1. The summed E-state index contributed by atoms with van der Waals surface area (Å²) in [6, 6.07) is 6.68. The quantitative estimate of drug-likeness (QED) is 0.488. The predicted molar refractivity (Wildman–Crippen MR) is 81.2 cm³/mol. The van der Waals surface area contributed by atoms with E-state index in [9.17, 15) is 0 Å². The van der Waals surface area contributed by atoms with E-state index in [1.54, 1.807) is 0 Å². The van der Waals surface area contributed by atoms with E-state index < -0.39 is 0 Å². The van der Waals surface area contributed by atoms with E-state index >= 15 is 0 Å². The van der Waals surface area contributed by atoms with E-state index in [1.165, 1.54) is 30.4 Å². The first-order valence-electron chi connectivity index (χ1n) is 7.01. The van der Waals surface area contributed by atoms with Crippen LogP contribution in [-0.4, -0.2) is 23.4 Å². The molecule has 1 aromatic carbocycles. The maximum Gasteiger partial charge on any atom is 0.214 e. The summed E-state index contributed by atoms with van der Waals surface area (Å²) in [7, 11) is 0. The molecule has 3 N–H and O–H groups in total. The van der Waals surface area contributed by atoms with Crippen LogP contribution in [0.25, 0.3) is 0 Å². The van der Waals surface area contributed by atoms with Gasteiger partial charge in [-0.25, -0.2) is 0 Å². The first kappa shape index (κ1) is 13.7. The second-order valence-electron chi connectivity index (χ2n) is 5.39. The Balaban J connectivity index is 2.09. The number of nitrogens with two attached hydrogens (primary N) is 1. The van der Waals surface area contributed by atoms with Crippen LogP contribution in [0.3, 0.4) is 0 Å². The number of nitrogens with one attached hydrogen (secondary N) is 1. The van der Waals surface area contributed by atoms with Crippen LogP contribution in [0.15, 0.2) is 23.3 Å². The summed E-state index contributed by atoms with van der Waals surface area (Å²) in [5.74, 6) is 0.592.